The molecule has 72 valence electrons. The van der Waals surface area contributed by atoms with Gasteiger partial charge in [0.05, 0.1) is 6.61 Å². The average Bonchev–Trinajstić information content (AvgIpc) is 2.15. The third kappa shape index (κ3) is 3.94. The Morgan fingerprint density at radius 2 is 1.69 bits per heavy atom. The summed E-state index contributed by atoms with van der Waals surface area (Å²) < 4.78 is 5.61. The molecule has 1 aromatic carbocycles. The summed E-state index contributed by atoms with van der Waals surface area (Å²) >= 11 is 5.68. The van der Waals surface area contributed by atoms with Crippen molar-refractivity contribution < 1.29 is 4.43 Å². The summed E-state index contributed by atoms with van der Waals surface area (Å²) in [6.07, 6.45) is 0. The maximum absolute atomic E-state index is 5.68. The second-order valence-electron chi connectivity index (χ2n) is 3.31. The first-order valence-electron chi connectivity index (χ1n) is 4.47. The maximum atomic E-state index is 5.68. The standard InChI is InChI=1S/C10H15ClOSi/c1-13(2)12-8-10-5-3-9(7-11)4-6-10/h3-6,13H,7-8H2,1-2H3. The quantitative estimate of drug-likeness (QED) is 0.553. The van der Waals surface area contributed by atoms with Crippen LogP contribution in [-0.2, 0) is 16.9 Å². The van der Waals surface area contributed by atoms with Crippen molar-refractivity contribution in [3.8, 4) is 0 Å². The van der Waals surface area contributed by atoms with E-state index < -0.39 is 9.04 Å². The van der Waals surface area contributed by atoms with Gasteiger partial charge in [0.2, 0.25) is 0 Å². The van der Waals surface area contributed by atoms with Gasteiger partial charge in [-0.3, -0.25) is 0 Å². The molecule has 1 rings (SSSR count). The summed E-state index contributed by atoms with van der Waals surface area (Å²) in [5.74, 6) is 0.583. The Labute approximate surface area is 86.4 Å². The van der Waals surface area contributed by atoms with Crippen molar-refractivity contribution in [3.05, 3.63) is 35.4 Å². The van der Waals surface area contributed by atoms with Crippen LogP contribution in [0.3, 0.4) is 0 Å². The van der Waals surface area contributed by atoms with E-state index in [1.165, 1.54) is 5.56 Å². The molecule has 0 fully saturated rings. The van der Waals surface area contributed by atoms with Gasteiger partial charge in [-0.2, -0.15) is 0 Å². The van der Waals surface area contributed by atoms with Crippen molar-refractivity contribution >= 4 is 20.6 Å². The van der Waals surface area contributed by atoms with Crippen molar-refractivity contribution in [2.24, 2.45) is 0 Å². The van der Waals surface area contributed by atoms with Gasteiger partial charge < -0.3 is 4.43 Å². The number of hydrogen-bond donors (Lipinski definition) is 0. The van der Waals surface area contributed by atoms with Gasteiger partial charge >= 0.3 is 0 Å². The molecule has 0 amide bonds. The molecule has 0 bridgehead atoms. The predicted octanol–water partition coefficient (Wildman–Crippen LogP) is 2.93. The Morgan fingerprint density at radius 1 is 1.15 bits per heavy atom. The molecule has 0 N–H and O–H groups in total. The van der Waals surface area contributed by atoms with Crippen molar-refractivity contribution in [3.63, 3.8) is 0 Å². The third-order valence-corrected chi connectivity index (χ3v) is 2.90. The number of hydrogen-bond acceptors (Lipinski definition) is 1. The van der Waals surface area contributed by atoms with Crippen LogP contribution in [0.2, 0.25) is 13.1 Å². The molecule has 0 saturated carbocycles. The van der Waals surface area contributed by atoms with Crippen molar-refractivity contribution in [2.45, 2.75) is 25.6 Å². The van der Waals surface area contributed by atoms with Crippen LogP contribution in [0.25, 0.3) is 0 Å². The van der Waals surface area contributed by atoms with Crippen LogP contribution in [0, 0.1) is 0 Å². The van der Waals surface area contributed by atoms with Gasteiger partial charge in [-0.1, -0.05) is 24.3 Å². The molecule has 0 radical (unpaired) electrons. The lowest BCUT2D eigenvalue weighted by molar-refractivity contribution is 0.314. The number of alkyl halides is 1. The van der Waals surface area contributed by atoms with Gasteiger partial charge in [0.25, 0.3) is 0 Å². The zero-order chi connectivity index (χ0) is 9.68. The highest BCUT2D eigenvalue weighted by Crippen LogP contribution is 2.08. The van der Waals surface area contributed by atoms with Crippen LogP contribution < -0.4 is 0 Å². The maximum Gasteiger partial charge on any atom is 0.171 e. The fourth-order valence-electron chi connectivity index (χ4n) is 0.987. The molecule has 0 saturated heterocycles. The van der Waals surface area contributed by atoms with Crippen LogP contribution in [-0.4, -0.2) is 9.04 Å². The summed E-state index contributed by atoms with van der Waals surface area (Å²) in [6, 6.07) is 8.25. The Morgan fingerprint density at radius 3 is 2.15 bits per heavy atom. The minimum absolute atomic E-state index is 0.583. The van der Waals surface area contributed by atoms with Crippen LogP contribution in [0.15, 0.2) is 24.3 Å². The van der Waals surface area contributed by atoms with Crippen LogP contribution in [0.4, 0.5) is 0 Å². The summed E-state index contributed by atoms with van der Waals surface area (Å²) in [7, 11) is -0.886. The first-order valence-corrected chi connectivity index (χ1v) is 7.79. The number of benzene rings is 1. The van der Waals surface area contributed by atoms with Gasteiger partial charge in [-0.15, -0.1) is 11.6 Å². The van der Waals surface area contributed by atoms with E-state index >= 15 is 0 Å². The molecule has 0 atom stereocenters. The zero-order valence-electron chi connectivity index (χ0n) is 8.09. The SMILES string of the molecule is C[SiH](C)OCc1ccc(CCl)cc1. The van der Waals surface area contributed by atoms with E-state index in [9.17, 15) is 0 Å². The van der Waals surface area contributed by atoms with Gasteiger partial charge in [-0.05, 0) is 24.2 Å². The minimum Gasteiger partial charge on any atom is -0.416 e. The zero-order valence-corrected chi connectivity index (χ0v) is 10.00. The summed E-state index contributed by atoms with van der Waals surface area (Å²) in [6.45, 7) is 5.09. The van der Waals surface area contributed by atoms with Crippen LogP contribution in [0.1, 0.15) is 11.1 Å². The molecule has 1 nitrogen and oxygen atoms in total. The van der Waals surface area contributed by atoms with Crippen molar-refractivity contribution in [1.82, 2.24) is 0 Å². The van der Waals surface area contributed by atoms with Gasteiger partial charge in [0, 0.05) is 5.88 Å². The monoisotopic (exact) mass is 214 g/mol. The molecule has 0 heterocycles. The van der Waals surface area contributed by atoms with E-state index in [-0.39, 0.29) is 0 Å². The fraction of sp³-hybridized carbons (Fsp3) is 0.400. The highest BCUT2D eigenvalue weighted by Gasteiger charge is 1.97. The summed E-state index contributed by atoms with van der Waals surface area (Å²) in [5.41, 5.74) is 2.39. The largest absolute Gasteiger partial charge is 0.416 e. The molecule has 1 aromatic rings. The average molecular weight is 215 g/mol. The number of rotatable bonds is 4. The molecular weight excluding hydrogens is 200 g/mol. The Kier molecular flexibility index (Phi) is 4.49. The lowest BCUT2D eigenvalue weighted by Gasteiger charge is -2.06. The minimum atomic E-state index is -0.886. The molecule has 3 heteroatoms. The molecule has 0 aliphatic heterocycles. The van der Waals surface area contributed by atoms with E-state index in [1.807, 2.05) is 12.1 Å². The predicted molar refractivity (Wildman–Crippen MR) is 59.7 cm³/mol. The topological polar surface area (TPSA) is 9.23 Å². The van der Waals surface area contributed by atoms with E-state index in [1.54, 1.807) is 0 Å². The van der Waals surface area contributed by atoms with E-state index in [2.05, 4.69) is 25.2 Å². The van der Waals surface area contributed by atoms with Gasteiger partial charge in [-0.25, -0.2) is 0 Å². The van der Waals surface area contributed by atoms with Crippen molar-refractivity contribution in [2.75, 3.05) is 0 Å². The molecular formula is C10H15ClOSi. The second kappa shape index (κ2) is 5.42. The molecule has 0 aliphatic carbocycles. The summed E-state index contributed by atoms with van der Waals surface area (Å²) in [5, 5.41) is 0. The van der Waals surface area contributed by atoms with Crippen LogP contribution in [0.5, 0.6) is 0 Å². The van der Waals surface area contributed by atoms with E-state index in [0.717, 1.165) is 12.2 Å². The molecule has 0 unspecified atom stereocenters. The molecule has 0 aromatic heterocycles. The first kappa shape index (κ1) is 10.8. The second-order valence-corrected chi connectivity index (χ2v) is 6.01. The van der Waals surface area contributed by atoms with Crippen molar-refractivity contribution in [1.29, 1.82) is 0 Å². The van der Waals surface area contributed by atoms with E-state index in [4.69, 9.17) is 16.0 Å². The molecule has 13 heavy (non-hydrogen) atoms. The summed E-state index contributed by atoms with van der Waals surface area (Å²) in [4.78, 5) is 0. The van der Waals surface area contributed by atoms with Crippen LogP contribution >= 0.6 is 11.6 Å². The Balaban J connectivity index is 2.49. The third-order valence-electron chi connectivity index (χ3n) is 1.76. The van der Waals surface area contributed by atoms with E-state index in [0.29, 0.717) is 5.88 Å². The van der Waals surface area contributed by atoms with Gasteiger partial charge in [0.1, 0.15) is 0 Å². The normalized spacial score (nSPS) is 10.8. The highest BCUT2D eigenvalue weighted by atomic mass is 35.5. The number of halogens is 1. The smallest absolute Gasteiger partial charge is 0.171 e. The lowest BCUT2D eigenvalue weighted by atomic mass is 10.2. The first-order chi connectivity index (χ1) is 6.22. The lowest BCUT2D eigenvalue weighted by Crippen LogP contribution is -2.06. The fourth-order valence-corrected chi connectivity index (χ4v) is 1.69. The molecule has 0 spiro atoms. The Hall–Kier alpha value is -0.313. The molecule has 0 aliphatic rings. The Bertz CT molecular complexity index is 246. The van der Waals surface area contributed by atoms with Gasteiger partial charge in [0.15, 0.2) is 9.04 Å². The highest BCUT2D eigenvalue weighted by molar-refractivity contribution is 6.48.